The fourth-order valence-electron chi connectivity index (χ4n) is 2.91. The molecule has 2 atom stereocenters. The van der Waals surface area contributed by atoms with Crippen molar-refractivity contribution in [1.29, 1.82) is 0 Å². The maximum absolute atomic E-state index is 13.3. The van der Waals surface area contributed by atoms with E-state index in [2.05, 4.69) is 15.3 Å². The Kier molecular flexibility index (Phi) is 5.10. The first kappa shape index (κ1) is 18.2. The first-order chi connectivity index (χ1) is 11.1. The van der Waals surface area contributed by atoms with E-state index in [-0.39, 0.29) is 31.0 Å². The number of aromatic nitrogens is 2. The number of carbonyl (C=O) groups excluding carboxylic acids is 2. The molecule has 1 aromatic rings. The average Bonchev–Trinajstić information content (AvgIpc) is 2.43. The molecule has 2 unspecified atom stereocenters. The van der Waals surface area contributed by atoms with Gasteiger partial charge in [-0.2, -0.15) is 13.2 Å². The summed E-state index contributed by atoms with van der Waals surface area (Å²) in [6.45, 7) is 4.30. The second-order valence-electron chi connectivity index (χ2n) is 5.93. The van der Waals surface area contributed by atoms with Crippen molar-refractivity contribution in [2.45, 2.75) is 51.9 Å². The van der Waals surface area contributed by atoms with Crippen LogP contribution < -0.4 is 5.32 Å². The second-order valence-corrected chi connectivity index (χ2v) is 5.93. The minimum atomic E-state index is -4.53. The highest BCUT2D eigenvalue weighted by Crippen LogP contribution is 2.32. The number of likely N-dealkylation sites (tertiary alicyclic amines) is 1. The highest BCUT2D eigenvalue weighted by atomic mass is 19.4. The van der Waals surface area contributed by atoms with E-state index in [0.29, 0.717) is 11.5 Å². The van der Waals surface area contributed by atoms with Crippen LogP contribution in [0.5, 0.6) is 0 Å². The molecule has 24 heavy (non-hydrogen) atoms. The number of hydrogen-bond acceptors (Lipinski definition) is 4. The van der Waals surface area contributed by atoms with E-state index in [0.717, 1.165) is 4.90 Å². The molecule has 2 amide bonds. The summed E-state index contributed by atoms with van der Waals surface area (Å²) < 4.78 is 39.9. The van der Waals surface area contributed by atoms with E-state index in [1.54, 1.807) is 13.8 Å². The van der Waals surface area contributed by atoms with E-state index in [4.69, 9.17) is 0 Å². The first-order valence-electron chi connectivity index (χ1n) is 7.55. The normalized spacial score (nSPS) is 21.5. The van der Waals surface area contributed by atoms with Gasteiger partial charge in [0, 0.05) is 25.2 Å². The Morgan fingerprint density at radius 3 is 2.46 bits per heavy atom. The lowest BCUT2D eigenvalue weighted by molar-refractivity contribution is -0.184. The molecule has 0 aliphatic carbocycles. The van der Waals surface area contributed by atoms with Crippen LogP contribution in [0.15, 0.2) is 6.07 Å². The van der Waals surface area contributed by atoms with Gasteiger partial charge >= 0.3 is 6.18 Å². The van der Waals surface area contributed by atoms with Gasteiger partial charge in [0.25, 0.3) is 5.91 Å². The Balaban J connectivity index is 2.31. The molecule has 0 bridgehead atoms. The number of rotatable bonds is 2. The van der Waals surface area contributed by atoms with Crippen molar-refractivity contribution in [3.63, 3.8) is 0 Å². The summed E-state index contributed by atoms with van der Waals surface area (Å²) in [5, 5.41) is 2.58. The molecule has 1 aliphatic heterocycles. The van der Waals surface area contributed by atoms with Crippen molar-refractivity contribution in [2.75, 3.05) is 6.54 Å². The molecule has 6 nitrogen and oxygen atoms in total. The molecule has 0 radical (unpaired) electrons. The minimum Gasteiger partial charge on any atom is -0.352 e. The lowest BCUT2D eigenvalue weighted by Gasteiger charge is -2.40. The fraction of sp³-hybridized carbons (Fsp3) is 0.600. The largest absolute Gasteiger partial charge is 0.408 e. The smallest absolute Gasteiger partial charge is 0.352 e. The second kappa shape index (κ2) is 6.74. The molecular weight excluding hydrogens is 325 g/mol. The molecule has 1 aromatic heterocycles. The predicted molar refractivity (Wildman–Crippen MR) is 79.2 cm³/mol. The highest BCUT2D eigenvalue weighted by Gasteiger charge is 2.48. The van der Waals surface area contributed by atoms with Crippen LogP contribution in [-0.2, 0) is 4.79 Å². The SMILES string of the molecule is CC(=O)NC1CCC(C(F)(F)F)N(C(=O)c2cc(C)nc(C)n2)C1. The van der Waals surface area contributed by atoms with Crippen LogP contribution >= 0.6 is 0 Å². The number of aryl methyl sites for hydroxylation is 2. The maximum Gasteiger partial charge on any atom is 0.408 e. The quantitative estimate of drug-likeness (QED) is 0.887. The summed E-state index contributed by atoms with van der Waals surface area (Å²) in [6, 6.07) is -1.02. The first-order valence-corrected chi connectivity index (χ1v) is 7.55. The van der Waals surface area contributed by atoms with Crippen molar-refractivity contribution < 1.29 is 22.8 Å². The monoisotopic (exact) mass is 344 g/mol. The molecule has 9 heteroatoms. The van der Waals surface area contributed by atoms with Crippen LogP contribution in [0.25, 0.3) is 0 Å². The number of nitrogens with zero attached hydrogens (tertiary/aromatic N) is 3. The molecule has 0 saturated carbocycles. The number of alkyl halides is 3. The summed E-state index contributed by atoms with van der Waals surface area (Å²) >= 11 is 0. The van der Waals surface area contributed by atoms with E-state index < -0.39 is 24.2 Å². The van der Waals surface area contributed by atoms with Gasteiger partial charge in [0.1, 0.15) is 17.6 Å². The number of carbonyl (C=O) groups is 2. The predicted octanol–water partition coefficient (Wildman–Crippen LogP) is 1.77. The van der Waals surface area contributed by atoms with E-state index in [1.165, 1.54) is 13.0 Å². The third-order valence-electron chi connectivity index (χ3n) is 3.81. The minimum absolute atomic E-state index is 0.0716. The van der Waals surface area contributed by atoms with Gasteiger partial charge in [0.2, 0.25) is 5.91 Å². The molecule has 0 aromatic carbocycles. The topological polar surface area (TPSA) is 75.2 Å². The average molecular weight is 344 g/mol. The number of amides is 2. The van der Waals surface area contributed by atoms with Gasteiger partial charge in [-0.15, -0.1) is 0 Å². The summed E-state index contributed by atoms with van der Waals surface area (Å²) in [5.74, 6) is -0.829. The van der Waals surface area contributed by atoms with Crippen LogP contribution in [0, 0.1) is 13.8 Å². The molecule has 0 spiro atoms. The van der Waals surface area contributed by atoms with Crippen molar-refractivity contribution in [3.05, 3.63) is 23.3 Å². The third-order valence-corrected chi connectivity index (χ3v) is 3.81. The highest BCUT2D eigenvalue weighted by molar-refractivity contribution is 5.92. The number of nitrogens with one attached hydrogen (secondary N) is 1. The van der Waals surface area contributed by atoms with Gasteiger partial charge in [0.15, 0.2) is 0 Å². The lowest BCUT2D eigenvalue weighted by atomic mass is 9.97. The number of halogens is 3. The summed E-state index contributed by atoms with van der Waals surface area (Å²) in [6.07, 6.45) is -4.63. The van der Waals surface area contributed by atoms with Crippen molar-refractivity contribution in [3.8, 4) is 0 Å². The fourth-order valence-corrected chi connectivity index (χ4v) is 2.91. The molecule has 1 N–H and O–H groups in total. The zero-order chi connectivity index (χ0) is 18.1. The van der Waals surface area contributed by atoms with Crippen LogP contribution in [0.4, 0.5) is 13.2 Å². The standard InChI is InChI=1S/C15H19F3N4O2/c1-8-6-12(20-9(2)19-8)14(24)22-7-11(21-10(3)23)4-5-13(22)15(16,17)18/h6,11,13H,4-5,7H2,1-3H3,(H,21,23). The Labute approximate surface area is 137 Å². The van der Waals surface area contributed by atoms with Crippen LogP contribution in [0.2, 0.25) is 0 Å². The number of piperidine rings is 1. The van der Waals surface area contributed by atoms with Crippen LogP contribution in [0.3, 0.4) is 0 Å². The van der Waals surface area contributed by atoms with Gasteiger partial charge in [-0.3, -0.25) is 9.59 Å². The zero-order valence-corrected chi connectivity index (χ0v) is 13.6. The summed E-state index contributed by atoms with van der Waals surface area (Å²) in [4.78, 5) is 32.5. The van der Waals surface area contributed by atoms with Crippen LogP contribution in [0.1, 0.15) is 41.8 Å². The van der Waals surface area contributed by atoms with Gasteiger partial charge in [-0.25, -0.2) is 9.97 Å². The Morgan fingerprint density at radius 1 is 1.25 bits per heavy atom. The molecule has 1 saturated heterocycles. The van der Waals surface area contributed by atoms with Crippen molar-refractivity contribution in [2.24, 2.45) is 0 Å². The van der Waals surface area contributed by atoms with Gasteiger partial charge in [-0.05, 0) is 32.8 Å². The maximum atomic E-state index is 13.3. The molecule has 132 valence electrons. The van der Waals surface area contributed by atoms with Gasteiger partial charge < -0.3 is 10.2 Å². The Bertz CT molecular complexity index is 628. The zero-order valence-electron chi connectivity index (χ0n) is 13.6. The molecule has 2 heterocycles. The molecule has 2 rings (SSSR count). The molecule has 1 fully saturated rings. The van der Waals surface area contributed by atoms with E-state index >= 15 is 0 Å². The lowest BCUT2D eigenvalue weighted by Crippen LogP contribution is -2.58. The summed E-state index contributed by atoms with van der Waals surface area (Å²) in [5.41, 5.74) is 0.433. The Hall–Kier alpha value is -2.19. The van der Waals surface area contributed by atoms with Crippen molar-refractivity contribution >= 4 is 11.8 Å². The number of hydrogen-bond donors (Lipinski definition) is 1. The third kappa shape index (κ3) is 4.21. The van der Waals surface area contributed by atoms with Gasteiger partial charge in [-0.1, -0.05) is 0 Å². The van der Waals surface area contributed by atoms with Gasteiger partial charge in [0.05, 0.1) is 0 Å². The van der Waals surface area contributed by atoms with E-state index in [9.17, 15) is 22.8 Å². The van der Waals surface area contributed by atoms with Crippen molar-refractivity contribution in [1.82, 2.24) is 20.2 Å². The molecule has 1 aliphatic rings. The molecular formula is C15H19F3N4O2. The van der Waals surface area contributed by atoms with Crippen LogP contribution in [-0.4, -0.2) is 51.5 Å². The Morgan fingerprint density at radius 2 is 1.92 bits per heavy atom. The van der Waals surface area contributed by atoms with E-state index in [1.807, 2.05) is 0 Å². The summed E-state index contributed by atoms with van der Waals surface area (Å²) in [7, 11) is 0.